The molecule has 2 rings (SSSR count). The molecule has 1 aromatic rings. The minimum Gasteiger partial charge on any atom is -0.297 e. The largest absolute Gasteiger partial charge is 0.297 e. The number of Topliss-reactive ketones (excluding diaryl/α,β-unsaturated/α-hetero) is 1. The van der Waals surface area contributed by atoms with Crippen molar-refractivity contribution in [2.24, 2.45) is 0 Å². The molecule has 1 aliphatic rings. The fraction of sp³-hybridized carbons (Fsp3) is 0.400. The molecule has 0 atom stereocenters. The maximum atomic E-state index is 11.1. The summed E-state index contributed by atoms with van der Waals surface area (Å²) in [6.45, 7) is 0.107. The van der Waals surface area contributed by atoms with Crippen molar-refractivity contribution in [1.82, 2.24) is 14.8 Å². The molecule has 0 unspecified atom stereocenters. The van der Waals surface area contributed by atoms with Crippen LogP contribution in [0.25, 0.3) is 0 Å². The molecule has 12 heavy (non-hydrogen) atoms. The summed E-state index contributed by atoms with van der Waals surface area (Å²) in [6, 6.07) is 0. The summed E-state index contributed by atoms with van der Waals surface area (Å²) < 4.78 is 3.50. The molecule has 0 N–H and O–H groups in total. The van der Waals surface area contributed by atoms with E-state index in [2.05, 4.69) is 14.8 Å². The maximum Gasteiger partial charge on any atom is 0.236 e. The zero-order chi connectivity index (χ0) is 8.55. The second-order valence-corrected chi connectivity index (χ2v) is 3.05. The molecule has 1 amide bonds. The van der Waals surface area contributed by atoms with Gasteiger partial charge in [0.2, 0.25) is 11.0 Å². The van der Waals surface area contributed by atoms with Gasteiger partial charge in [-0.05, 0) is 5.21 Å². The van der Waals surface area contributed by atoms with Crippen LogP contribution in [0.5, 0.6) is 0 Å². The molecule has 0 saturated carbocycles. The van der Waals surface area contributed by atoms with E-state index in [1.165, 1.54) is 4.90 Å². The van der Waals surface area contributed by atoms with Gasteiger partial charge in [-0.3, -0.25) is 14.5 Å². The molecular weight excluding hydrogens is 180 g/mol. The quantitative estimate of drug-likeness (QED) is 0.536. The SMILES string of the molecule is O=C1CC(=O)N(c2nnns2)C1. The van der Waals surface area contributed by atoms with Crippen molar-refractivity contribution >= 4 is 28.4 Å². The summed E-state index contributed by atoms with van der Waals surface area (Å²) in [5.41, 5.74) is 0. The normalized spacial score (nSPS) is 17.5. The van der Waals surface area contributed by atoms with Gasteiger partial charge in [0.05, 0.1) is 13.0 Å². The highest BCUT2D eigenvalue weighted by atomic mass is 32.1. The van der Waals surface area contributed by atoms with E-state index in [1.807, 2.05) is 0 Å². The smallest absolute Gasteiger partial charge is 0.236 e. The van der Waals surface area contributed by atoms with E-state index in [-0.39, 0.29) is 24.7 Å². The molecule has 1 aliphatic heterocycles. The summed E-state index contributed by atoms with van der Waals surface area (Å²) in [6.07, 6.45) is -0.0282. The standard InChI is InChI=1S/C5H4N4O2S/c10-3-1-4(11)9(2-3)5-6-7-8-12-5/h1-2H2. The van der Waals surface area contributed by atoms with Crippen molar-refractivity contribution in [3.63, 3.8) is 0 Å². The number of anilines is 1. The van der Waals surface area contributed by atoms with E-state index < -0.39 is 0 Å². The lowest BCUT2D eigenvalue weighted by molar-refractivity contribution is -0.121. The van der Waals surface area contributed by atoms with Crippen molar-refractivity contribution in [2.45, 2.75) is 6.42 Å². The third-order valence-corrected chi connectivity index (χ3v) is 2.12. The third kappa shape index (κ3) is 1.07. The Morgan fingerprint density at radius 3 is 2.75 bits per heavy atom. The van der Waals surface area contributed by atoms with Crippen LogP contribution < -0.4 is 4.90 Å². The molecule has 0 radical (unpaired) electrons. The average molecular weight is 184 g/mol. The highest BCUT2D eigenvalue weighted by Gasteiger charge is 2.30. The Balaban J connectivity index is 2.26. The molecule has 1 fully saturated rings. The average Bonchev–Trinajstić information content (AvgIpc) is 2.58. The number of carbonyl (C=O) groups excluding carboxylic acids is 2. The van der Waals surface area contributed by atoms with Crippen LogP contribution in [0.3, 0.4) is 0 Å². The molecule has 7 heteroatoms. The second kappa shape index (κ2) is 2.59. The van der Waals surface area contributed by atoms with Crippen LogP contribution in [0.2, 0.25) is 0 Å². The second-order valence-electron chi connectivity index (χ2n) is 2.34. The summed E-state index contributed by atoms with van der Waals surface area (Å²) in [5.74, 6) is -0.311. The summed E-state index contributed by atoms with van der Waals surface area (Å²) in [7, 11) is 0. The summed E-state index contributed by atoms with van der Waals surface area (Å²) in [4.78, 5) is 23.2. The molecule has 0 aliphatic carbocycles. The first kappa shape index (κ1) is 7.29. The number of carbonyl (C=O) groups is 2. The van der Waals surface area contributed by atoms with E-state index in [4.69, 9.17) is 0 Å². The van der Waals surface area contributed by atoms with Gasteiger partial charge in [0.1, 0.15) is 0 Å². The molecule has 2 heterocycles. The number of rotatable bonds is 1. The Kier molecular flexibility index (Phi) is 1.58. The van der Waals surface area contributed by atoms with Gasteiger partial charge in [-0.25, -0.2) is 0 Å². The maximum absolute atomic E-state index is 11.1. The first-order valence-electron chi connectivity index (χ1n) is 3.24. The number of hydrogen-bond acceptors (Lipinski definition) is 6. The fourth-order valence-corrected chi connectivity index (χ4v) is 1.48. The number of nitrogens with zero attached hydrogens (tertiary/aromatic N) is 4. The number of hydrogen-bond donors (Lipinski definition) is 0. The number of aromatic nitrogens is 3. The Labute approximate surface area is 71.3 Å². The molecule has 62 valence electrons. The van der Waals surface area contributed by atoms with Gasteiger partial charge < -0.3 is 0 Å². The van der Waals surface area contributed by atoms with Crippen molar-refractivity contribution in [3.8, 4) is 0 Å². The Morgan fingerprint density at radius 1 is 1.42 bits per heavy atom. The van der Waals surface area contributed by atoms with Crippen molar-refractivity contribution in [3.05, 3.63) is 0 Å². The van der Waals surface area contributed by atoms with Crippen molar-refractivity contribution in [2.75, 3.05) is 11.4 Å². The Morgan fingerprint density at radius 2 is 2.25 bits per heavy atom. The molecule has 0 spiro atoms. The molecular formula is C5H4N4O2S. The molecule has 6 nitrogen and oxygen atoms in total. The van der Waals surface area contributed by atoms with Gasteiger partial charge in [-0.2, -0.15) is 0 Å². The van der Waals surface area contributed by atoms with E-state index in [0.717, 1.165) is 11.5 Å². The van der Waals surface area contributed by atoms with Gasteiger partial charge in [0.15, 0.2) is 5.78 Å². The first-order valence-corrected chi connectivity index (χ1v) is 4.02. The zero-order valence-electron chi connectivity index (χ0n) is 5.93. The van der Waals surface area contributed by atoms with E-state index >= 15 is 0 Å². The lowest BCUT2D eigenvalue weighted by Gasteiger charge is -2.06. The van der Waals surface area contributed by atoms with E-state index in [9.17, 15) is 9.59 Å². The predicted molar refractivity (Wildman–Crippen MR) is 39.7 cm³/mol. The Bertz CT molecular complexity index is 322. The lowest BCUT2D eigenvalue weighted by atomic mass is 10.3. The highest BCUT2D eigenvalue weighted by molar-refractivity contribution is 7.09. The Hall–Kier alpha value is -1.37. The van der Waals surface area contributed by atoms with Crippen LogP contribution in [0.15, 0.2) is 0 Å². The van der Waals surface area contributed by atoms with E-state index in [0.29, 0.717) is 5.13 Å². The van der Waals surface area contributed by atoms with Crippen LogP contribution >= 0.6 is 11.5 Å². The van der Waals surface area contributed by atoms with Gasteiger partial charge in [0.25, 0.3) is 0 Å². The molecule has 0 aromatic carbocycles. The van der Waals surface area contributed by atoms with Crippen LogP contribution in [0, 0.1) is 0 Å². The highest BCUT2D eigenvalue weighted by Crippen LogP contribution is 2.18. The van der Waals surface area contributed by atoms with Gasteiger partial charge in [-0.15, -0.1) is 0 Å². The topological polar surface area (TPSA) is 76.1 Å². The minimum atomic E-state index is -0.224. The van der Waals surface area contributed by atoms with Gasteiger partial charge in [0, 0.05) is 11.5 Å². The van der Waals surface area contributed by atoms with Crippen molar-refractivity contribution in [1.29, 1.82) is 0 Å². The minimum absolute atomic E-state index is 0.0282. The molecule has 0 bridgehead atoms. The first-order chi connectivity index (χ1) is 5.77. The van der Waals surface area contributed by atoms with Crippen molar-refractivity contribution < 1.29 is 9.59 Å². The predicted octanol–water partition coefficient (Wildman–Crippen LogP) is -0.761. The van der Waals surface area contributed by atoms with Crippen LogP contribution in [-0.4, -0.2) is 33.0 Å². The molecule has 1 aromatic heterocycles. The van der Waals surface area contributed by atoms with Crippen LogP contribution in [0.1, 0.15) is 6.42 Å². The monoisotopic (exact) mass is 184 g/mol. The lowest BCUT2D eigenvalue weighted by Crippen LogP contribution is -2.24. The van der Waals surface area contributed by atoms with E-state index in [1.54, 1.807) is 0 Å². The summed E-state index contributed by atoms with van der Waals surface area (Å²) in [5, 5.41) is 7.33. The third-order valence-electron chi connectivity index (χ3n) is 1.50. The zero-order valence-corrected chi connectivity index (χ0v) is 6.74. The number of ketones is 1. The number of amides is 1. The molecule has 1 saturated heterocycles. The fourth-order valence-electron chi connectivity index (χ4n) is 0.992. The van der Waals surface area contributed by atoms with Gasteiger partial charge >= 0.3 is 0 Å². The summed E-state index contributed by atoms with van der Waals surface area (Å²) >= 11 is 1.01. The van der Waals surface area contributed by atoms with Crippen LogP contribution in [-0.2, 0) is 9.59 Å². The van der Waals surface area contributed by atoms with Crippen LogP contribution in [0.4, 0.5) is 5.13 Å². The van der Waals surface area contributed by atoms with Gasteiger partial charge in [-0.1, -0.05) is 9.59 Å².